The van der Waals surface area contributed by atoms with Crippen molar-refractivity contribution in [2.75, 3.05) is 0 Å². The fourth-order valence-electron chi connectivity index (χ4n) is 2.59. The van der Waals surface area contributed by atoms with Crippen LogP contribution in [0, 0.1) is 0 Å². The number of nitrogens with one attached hydrogen (secondary N) is 1. The fraction of sp³-hybridized carbons (Fsp3) is 0.933. The normalized spacial score (nSPS) is 23.9. The summed E-state index contributed by atoms with van der Waals surface area (Å²) >= 11 is 0. The highest BCUT2D eigenvalue weighted by Crippen LogP contribution is 2.18. The zero-order valence-electron chi connectivity index (χ0n) is 11.8. The molecular formula is C15H29NO2. The maximum absolute atomic E-state index is 11.7. The second-order valence-corrected chi connectivity index (χ2v) is 5.59. The number of rotatable bonds is 8. The van der Waals surface area contributed by atoms with Gasteiger partial charge in [0, 0.05) is 12.5 Å². The molecule has 1 amide bonds. The van der Waals surface area contributed by atoms with Crippen molar-refractivity contribution in [1.82, 2.24) is 5.32 Å². The Balaban J connectivity index is 1.97. The number of carbonyl (C=O) groups excluding carboxylic acids is 1. The summed E-state index contributed by atoms with van der Waals surface area (Å²) in [6, 6.07) is 0.306. The monoisotopic (exact) mass is 255 g/mol. The largest absolute Gasteiger partial charge is 0.393 e. The Morgan fingerprint density at radius 2 is 1.67 bits per heavy atom. The van der Waals surface area contributed by atoms with E-state index in [1.165, 1.54) is 32.1 Å². The molecule has 1 aliphatic rings. The molecular weight excluding hydrogens is 226 g/mol. The van der Waals surface area contributed by atoms with Gasteiger partial charge in [-0.1, -0.05) is 39.0 Å². The lowest BCUT2D eigenvalue weighted by Gasteiger charge is -2.26. The van der Waals surface area contributed by atoms with Crippen molar-refractivity contribution in [3.05, 3.63) is 0 Å². The van der Waals surface area contributed by atoms with E-state index in [1.807, 2.05) is 0 Å². The highest BCUT2D eigenvalue weighted by atomic mass is 16.3. The standard InChI is InChI=1S/C15H29NO2/c1-2-3-4-5-6-7-8-15(18)16-13-9-11-14(17)12-10-13/h13-14,17H,2-12H2,1H3,(H,16,18). The molecule has 0 aromatic rings. The van der Waals surface area contributed by atoms with Crippen LogP contribution in [-0.4, -0.2) is 23.2 Å². The van der Waals surface area contributed by atoms with Gasteiger partial charge in [-0.05, 0) is 32.1 Å². The molecule has 0 radical (unpaired) electrons. The average Bonchev–Trinajstić information content (AvgIpc) is 2.36. The van der Waals surface area contributed by atoms with Gasteiger partial charge in [0.2, 0.25) is 5.91 Å². The Labute approximate surface area is 111 Å². The lowest BCUT2D eigenvalue weighted by Crippen LogP contribution is -2.38. The molecule has 3 nitrogen and oxygen atoms in total. The maximum Gasteiger partial charge on any atom is 0.220 e. The molecule has 18 heavy (non-hydrogen) atoms. The molecule has 0 saturated heterocycles. The van der Waals surface area contributed by atoms with Gasteiger partial charge in [0.15, 0.2) is 0 Å². The first kappa shape index (κ1) is 15.5. The lowest BCUT2D eigenvalue weighted by molar-refractivity contribution is -0.122. The van der Waals surface area contributed by atoms with Gasteiger partial charge in [0.05, 0.1) is 6.10 Å². The van der Waals surface area contributed by atoms with Gasteiger partial charge >= 0.3 is 0 Å². The van der Waals surface area contributed by atoms with Gasteiger partial charge < -0.3 is 10.4 Å². The summed E-state index contributed by atoms with van der Waals surface area (Å²) in [5.41, 5.74) is 0. The van der Waals surface area contributed by atoms with Gasteiger partial charge in [-0.25, -0.2) is 0 Å². The fourth-order valence-corrected chi connectivity index (χ4v) is 2.59. The van der Waals surface area contributed by atoms with E-state index in [1.54, 1.807) is 0 Å². The molecule has 0 heterocycles. The number of unbranched alkanes of at least 4 members (excludes halogenated alkanes) is 5. The predicted molar refractivity (Wildman–Crippen MR) is 74.4 cm³/mol. The first-order valence-electron chi connectivity index (χ1n) is 7.69. The van der Waals surface area contributed by atoms with Crippen LogP contribution in [0.2, 0.25) is 0 Å². The number of aliphatic hydroxyl groups excluding tert-OH is 1. The van der Waals surface area contributed by atoms with E-state index in [0.29, 0.717) is 12.5 Å². The number of hydrogen-bond donors (Lipinski definition) is 2. The smallest absolute Gasteiger partial charge is 0.220 e. The van der Waals surface area contributed by atoms with Crippen LogP contribution >= 0.6 is 0 Å². The SMILES string of the molecule is CCCCCCCCC(=O)NC1CCC(O)CC1. The number of hydrogen-bond acceptors (Lipinski definition) is 2. The molecule has 1 aliphatic carbocycles. The Morgan fingerprint density at radius 1 is 1.06 bits per heavy atom. The van der Waals surface area contributed by atoms with E-state index in [0.717, 1.165) is 32.1 Å². The van der Waals surface area contributed by atoms with Gasteiger partial charge in [-0.3, -0.25) is 4.79 Å². The zero-order chi connectivity index (χ0) is 13.2. The van der Waals surface area contributed by atoms with Gasteiger partial charge in [-0.2, -0.15) is 0 Å². The van der Waals surface area contributed by atoms with Crippen molar-refractivity contribution >= 4 is 5.91 Å². The summed E-state index contributed by atoms with van der Waals surface area (Å²) in [6.45, 7) is 2.22. The molecule has 0 bridgehead atoms. The van der Waals surface area contributed by atoms with Crippen LogP contribution in [0.25, 0.3) is 0 Å². The third kappa shape index (κ3) is 7.00. The van der Waals surface area contributed by atoms with Crippen LogP contribution in [0.3, 0.4) is 0 Å². The molecule has 1 fully saturated rings. The highest BCUT2D eigenvalue weighted by molar-refractivity contribution is 5.76. The van der Waals surface area contributed by atoms with Crippen LogP contribution in [0.4, 0.5) is 0 Å². The Morgan fingerprint density at radius 3 is 2.33 bits per heavy atom. The minimum atomic E-state index is -0.142. The van der Waals surface area contributed by atoms with Crippen molar-refractivity contribution in [3.8, 4) is 0 Å². The minimum absolute atomic E-state index is 0.142. The summed E-state index contributed by atoms with van der Waals surface area (Å²) in [5.74, 6) is 0.201. The molecule has 0 atom stereocenters. The molecule has 0 aromatic carbocycles. The molecule has 1 saturated carbocycles. The number of amides is 1. The molecule has 3 heteroatoms. The summed E-state index contributed by atoms with van der Waals surface area (Å²) < 4.78 is 0. The Kier molecular flexibility index (Phi) is 8.06. The predicted octanol–water partition coefficient (Wildman–Crippen LogP) is 3.16. The van der Waals surface area contributed by atoms with Crippen LogP contribution < -0.4 is 5.32 Å². The summed E-state index contributed by atoms with van der Waals surface area (Å²) in [7, 11) is 0. The molecule has 0 aromatic heterocycles. The van der Waals surface area contributed by atoms with Crippen LogP contribution in [0.1, 0.15) is 77.6 Å². The summed E-state index contributed by atoms with van der Waals surface area (Å²) in [5, 5.41) is 12.5. The number of aliphatic hydroxyl groups is 1. The van der Waals surface area contributed by atoms with Crippen LogP contribution in [-0.2, 0) is 4.79 Å². The first-order chi connectivity index (χ1) is 8.72. The molecule has 0 unspecified atom stereocenters. The summed E-state index contributed by atoms with van der Waals surface area (Å²) in [6.07, 6.45) is 11.4. The maximum atomic E-state index is 11.7. The second kappa shape index (κ2) is 9.37. The van der Waals surface area contributed by atoms with Crippen molar-refractivity contribution in [3.63, 3.8) is 0 Å². The molecule has 1 rings (SSSR count). The van der Waals surface area contributed by atoms with E-state index in [9.17, 15) is 9.90 Å². The zero-order valence-corrected chi connectivity index (χ0v) is 11.8. The van der Waals surface area contributed by atoms with Crippen molar-refractivity contribution in [2.24, 2.45) is 0 Å². The van der Waals surface area contributed by atoms with Crippen LogP contribution in [0.15, 0.2) is 0 Å². The minimum Gasteiger partial charge on any atom is -0.393 e. The third-order valence-corrected chi connectivity index (χ3v) is 3.82. The third-order valence-electron chi connectivity index (χ3n) is 3.82. The van der Waals surface area contributed by atoms with E-state index in [2.05, 4.69) is 12.2 Å². The summed E-state index contributed by atoms with van der Waals surface area (Å²) in [4.78, 5) is 11.7. The quantitative estimate of drug-likeness (QED) is 0.655. The number of carbonyl (C=O) groups is 1. The van der Waals surface area contributed by atoms with Crippen molar-refractivity contribution < 1.29 is 9.90 Å². The average molecular weight is 255 g/mol. The highest BCUT2D eigenvalue weighted by Gasteiger charge is 2.20. The Bertz CT molecular complexity index is 223. The topological polar surface area (TPSA) is 49.3 Å². The van der Waals surface area contributed by atoms with Crippen molar-refractivity contribution in [1.29, 1.82) is 0 Å². The van der Waals surface area contributed by atoms with E-state index < -0.39 is 0 Å². The molecule has 106 valence electrons. The van der Waals surface area contributed by atoms with E-state index in [-0.39, 0.29) is 12.0 Å². The molecule has 0 spiro atoms. The van der Waals surface area contributed by atoms with Gasteiger partial charge in [-0.15, -0.1) is 0 Å². The van der Waals surface area contributed by atoms with Crippen LogP contribution in [0.5, 0.6) is 0 Å². The lowest BCUT2D eigenvalue weighted by atomic mass is 9.93. The van der Waals surface area contributed by atoms with Gasteiger partial charge in [0.25, 0.3) is 0 Å². The molecule has 0 aliphatic heterocycles. The first-order valence-corrected chi connectivity index (χ1v) is 7.69. The molecule has 2 N–H and O–H groups in total. The van der Waals surface area contributed by atoms with Gasteiger partial charge in [0.1, 0.15) is 0 Å². The van der Waals surface area contributed by atoms with E-state index >= 15 is 0 Å². The Hall–Kier alpha value is -0.570. The second-order valence-electron chi connectivity index (χ2n) is 5.59. The van der Waals surface area contributed by atoms with Crippen molar-refractivity contribution in [2.45, 2.75) is 89.7 Å². The van der Waals surface area contributed by atoms with E-state index in [4.69, 9.17) is 0 Å².